The van der Waals surface area contributed by atoms with Crippen molar-refractivity contribution in [3.05, 3.63) is 35.6 Å². The molecule has 0 saturated carbocycles. The smallest absolute Gasteiger partial charge is 0.246 e. The van der Waals surface area contributed by atoms with Gasteiger partial charge < -0.3 is 5.73 Å². The van der Waals surface area contributed by atoms with Crippen molar-refractivity contribution in [3.8, 4) is 0 Å². The maximum Gasteiger partial charge on any atom is 0.246 e. The van der Waals surface area contributed by atoms with E-state index in [1.54, 1.807) is 17.6 Å². The SMILES string of the molecule is NCCCCC(CCc1ccc(F)cc1)C(=O)NO. The normalized spacial score (nSPS) is 12.2. The van der Waals surface area contributed by atoms with Crippen molar-refractivity contribution < 1.29 is 14.4 Å². The molecule has 1 aromatic rings. The van der Waals surface area contributed by atoms with Crippen molar-refractivity contribution in [2.75, 3.05) is 6.54 Å². The molecule has 0 bridgehead atoms. The molecule has 0 aliphatic carbocycles. The van der Waals surface area contributed by atoms with Crippen molar-refractivity contribution in [1.29, 1.82) is 0 Å². The average Bonchev–Trinajstić information content (AvgIpc) is 2.43. The van der Waals surface area contributed by atoms with Crippen LogP contribution in [0.1, 0.15) is 31.2 Å². The number of halogens is 1. The Labute approximate surface area is 112 Å². The topological polar surface area (TPSA) is 75.4 Å². The minimum Gasteiger partial charge on any atom is -0.330 e. The van der Waals surface area contributed by atoms with Crippen LogP contribution in [0.3, 0.4) is 0 Å². The summed E-state index contributed by atoms with van der Waals surface area (Å²) in [5.74, 6) is -0.864. The lowest BCUT2D eigenvalue weighted by atomic mass is 9.94. The van der Waals surface area contributed by atoms with Gasteiger partial charge >= 0.3 is 0 Å². The van der Waals surface area contributed by atoms with Crippen LogP contribution < -0.4 is 11.2 Å². The van der Waals surface area contributed by atoms with E-state index in [1.165, 1.54) is 12.1 Å². The van der Waals surface area contributed by atoms with Gasteiger partial charge in [0.25, 0.3) is 0 Å². The van der Waals surface area contributed by atoms with Crippen LogP contribution in [-0.4, -0.2) is 17.7 Å². The maximum atomic E-state index is 12.8. The van der Waals surface area contributed by atoms with Crippen LogP contribution in [0.2, 0.25) is 0 Å². The molecule has 0 aliphatic rings. The third-order valence-corrected chi connectivity index (χ3v) is 3.18. The van der Waals surface area contributed by atoms with Crippen LogP contribution in [-0.2, 0) is 11.2 Å². The van der Waals surface area contributed by atoms with E-state index in [1.807, 2.05) is 0 Å². The van der Waals surface area contributed by atoms with Crippen molar-refractivity contribution >= 4 is 5.91 Å². The summed E-state index contributed by atoms with van der Waals surface area (Å²) < 4.78 is 12.8. The van der Waals surface area contributed by atoms with Gasteiger partial charge in [-0.05, 0) is 49.9 Å². The van der Waals surface area contributed by atoms with E-state index in [0.717, 1.165) is 18.4 Å². The molecule has 4 nitrogen and oxygen atoms in total. The van der Waals surface area contributed by atoms with E-state index in [-0.39, 0.29) is 17.6 Å². The first-order valence-electron chi connectivity index (χ1n) is 6.56. The molecule has 1 amide bonds. The highest BCUT2D eigenvalue weighted by atomic mass is 19.1. The predicted octanol–water partition coefficient (Wildman–Crippen LogP) is 2.01. The molecule has 1 aromatic carbocycles. The number of nitrogens with two attached hydrogens (primary N) is 1. The molecule has 5 heteroatoms. The Morgan fingerprint density at radius 3 is 2.53 bits per heavy atom. The number of amides is 1. The van der Waals surface area contributed by atoms with Gasteiger partial charge in [-0.2, -0.15) is 0 Å². The second kappa shape index (κ2) is 8.61. The molecule has 0 spiro atoms. The number of hydrogen-bond donors (Lipinski definition) is 3. The summed E-state index contributed by atoms with van der Waals surface area (Å²) in [4.78, 5) is 11.5. The third-order valence-electron chi connectivity index (χ3n) is 3.18. The lowest BCUT2D eigenvalue weighted by Crippen LogP contribution is -2.28. The van der Waals surface area contributed by atoms with Gasteiger partial charge in [0.1, 0.15) is 5.82 Å². The van der Waals surface area contributed by atoms with E-state index in [9.17, 15) is 9.18 Å². The van der Waals surface area contributed by atoms with Crippen LogP contribution in [0, 0.1) is 11.7 Å². The quantitative estimate of drug-likeness (QED) is 0.383. The number of carbonyl (C=O) groups excluding carboxylic acids is 1. The molecule has 0 aliphatic heterocycles. The maximum absolute atomic E-state index is 12.8. The zero-order valence-corrected chi connectivity index (χ0v) is 10.9. The van der Waals surface area contributed by atoms with Gasteiger partial charge in [-0.1, -0.05) is 18.6 Å². The fraction of sp³-hybridized carbons (Fsp3) is 0.500. The Bertz CT molecular complexity index is 382. The molecule has 4 N–H and O–H groups in total. The van der Waals surface area contributed by atoms with Gasteiger partial charge in [0.2, 0.25) is 5.91 Å². The highest BCUT2D eigenvalue weighted by molar-refractivity contribution is 5.77. The molecule has 0 fully saturated rings. The number of hydroxylamine groups is 1. The van der Waals surface area contributed by atoms with Crippen LogP contribution in [0.15, 0.2) is 24.3 Å². The predicted molar refractivity (Wildman–Crippen MR) is 71.0 cm³/mol. The standard InChI is InChI=1S/C14H21FN2O2/c15-13-8-5-11(6-9-13)4-7-12(14(18)17-19)3-1-2-10-16/h5-6,8-9,12,19H,1-4,7,10,16H2,(H,17,18). The van der Waals surface area contributed by atoms with Crippen molar-refractivity contribution in [1.82, 2.24) is 5.48 Å². The number of rotatable bonds is 8. The van der Waals surface area contributed by atoms with E-state index in [0.29, 0.717) is 25.8 Å². The zero-order valence-electron chi connectivity index (χ0n) is 10.9. The lowest BCUT2D eigenvalue weighted by molar-refractivity contribution is -0.133. The van der Waals surface area contributed by atoms with Crippen LogP contribution >= 0.6 is 0 Å². The molecule has 0 radical (unpaired) electrons. The fourth-order valence-electron chi connectivity index (χ4n) is 2.02. The minimum atomic E-state index is -0.362. The Hall–Kier alpha value is -1.46. The number of nitrogens with one attached hydrogen (secondary N) is 1. The van der Waals surface area contributed by atoms with Gasteiger partial charge in [-0.3, -0.25) is 10.0 Å². The number of aryl methyl sites for hydroxylation is 1. The second-order valence-corrected chi connectivity index (χ2v) is 4.62. The highest BCUT2D eigenvalue weighted by Crippen LogP contribution is 2.16. The number of benzene rings is 1. The zero-order chi connectivity index (χ0) is 14.1. The molecule has 0 aromatic heterocycles. The molecule has 0 heterocycles. The summed E-state index contributed by atoms with van der Waals surface area (Å²) in [6, 6.07) is 6.24. The molecular formula is C14H21FN2O2. The number of hydrogen-bond acceptors (Lipinski definition) is 3. The number of carbonyl (C=O) groups is 1. The first-order chi connectivity index (χ1) is 9.17. The Morgan fingerprint density at radius 2 is 1.95 bits per heavy atom. The van der Waals surface area contributed by atoms with Crippen molar-refractivity contribution in [2.45, 2.75) is 32.1 Å². The minimum absolute atomic E-state index is 0.235. The highest BCUT2D eigenvalue weighted by Gasteiger charge is 2.17. The first-order valence-corrected chi connectivity index (χ1v) is 6.56. The number of unbranched alkanes of at least 4 members (excludes halogenated alkanes) is 1. The molecule has 1 atom stereocenters. The van der Waals surface area contributed by atoms with Gasteiger partial charge in [0, 0.05) is 5.92 Å². The van der Waals surface area contributed by atoms with E-state index in [2.05, 4.69) is 0 Å². The lowest BCUT2D eigenvalue weighted by Gasteiger charge is -2.14. The van der Waals surface area contributed by atoms with Crippen LogP contribution in [0.25, 0.3) is 0 Å². The monoisotopic (exact) mass is 268 g/mol. The van der Waals surface area contributed by atoms with E-state index >= 15 is 0 Å². The van der Waals surface area contributed by atoms with Crippen molar-refractivity contribution in [3.63, 3.8) is 0 Å². The summed E-state index contributed by atoms with van der Waals surface area (Å²) in [5, 5.41) is 8.72. The molecular weight excluding hydrogens is 247 g/mol. The molecule has 106 valence electrons. The summed E-state index contributed by atoms with van der Waals surface area (Å²) in [6.45, 7) is 0.603. The van der Waals surface area contributed by atoms with Gasteiger partial charge in [-0.25, -0.2) is 9.87 Å². The van der Waals surface area contributed by atoms with Crippen molar-refractivity contribution in [2.24, 2.45) is 11.7 Å². The molecule has 19 heavy (non-hydrogen) atoms. The van der Waals surface area contributed by atoms with E-state index < -0.39 is 0 Å². The van der Waals surface area contributed by atoms with Gasteiger partial charge in [0.15, 0.2) is 0 Å². The Balaban J connectivity index is 2.47. The summed E-state index contributed by atoms with van der Waals surface area (Å²) in [7, 11) is 0. The molecule has 1 rings (SSSR count). The van der Waals surface area contributed by atoms with Gasteiger partial charge in [-0.15, -0.1) is 0 Å². The molecule has 1 unspecified atom stereocenters. The first kappa shape index (κ1) is 15.6. The Kier molecular flexibility index (Phi) is 7.07. The summed E-state index contributed by atoms with van der Waals surface area (Å²) in [6.07, 6.45) is 3.73. The molecule has 0 saturated heterocycles. The Morgan fingerprint density at radius 1 is 1.26 bits per heavy atom. The van der Waals surface area contributed by atoms with Gasteiger partial charge in [0.05, 0.1) is 0 Å². The average molecular weight is 268 g/mol. The summed E-state index contributed by atoms with van der Waals surface area (Å²) >= 11 is 0. The third kappa shape index (κ3) is 5.81. The van der Waals surface area contributed by atoms with Crippen LogP contribution in [0.5, 0.6) is 0 Å². The van der Waals surface area contributed by atoms with Crippen LogP contribution in [0.4, 0.5) is 4.39 Å². The summed E-state index contributed by atoms with van der Waals surface area (Å²) in [5.41, 5.74) is 8.11. The van der Waals surface area contributed by atoms with E-state index in [4.69, 9.17) is 10.9 Å². The fourth-order valence-corrected chi connectivity index (χ4v) is 2.02. The largest absolute Gasteiger partial charge is 0.330 e. The second-order valence-electron chi connectivity index (χ2n) is 4.62.